The highest BCUT2D eigenvalue weighted by Gasteiger charge is 2.38. The summed E-state index contributed by atoms with van der Waals surface area (Å²) in [5.41, 5.74) is 5.95. The summed E-state index contributed by atoms with van der Waals surface area (Å²) < 4.78 is 27.1. The standard InChI is InChI=1S/C23H18N2O2S/c1-3-18-13-15(2)19-5-4-6-21-23(19)25(18)20-8-7-17(14-22(20)28(21,26)27)16-9-11-24-12-10-16/h4-14H,2-3H2,1H3. The molecule has 0 unspecified atom stereocenters. The highest BCUT2D eigenvalue weighted by molar-refractivity contribution is 7.92. The number of para-hydroxylation sites is 1. The van der Waals surface area contributed by atoms with Gasteiger partial charge in [0.15, 0.2) is 0 Å². The summed E-state index contributed by atoms with van der Waals surface area (Å²) in [7, 11) is -3.64. The number of nitrogens with zero attached hydrogens (tertiary/aromatic N) is 2. The number of rotatable bonds is 2. The summed E-state index contributed by atoms with van der Waals surface area (Å²) in [5.74, 6) is 0. The predicted molar refractivity (Wildman–Crippen MR) is 111 cm³/mol. The van der Waals surface area contributed by atoms with Gasteiger partial charge in [0.25, 0.3) is 0 Å². The van der Waals surface area contributed by atoms with Crippen molar-refractivity contribution in [3.05, 3.63) is 84.8 Å². The van der Waals surface area contributed by atoms with E-state index in [4.69, 9.17) is 0 Å². The van der Waals surface area contributed by atoms with Crippen LogP contribution in [0.4, 0.5) is 11.4 Å². The first kappa shape index (κ1) is 17.0. The maximum absolute atomic E-state index is 13.5. The Bertz CT molecular complexity index is 1280. The Labute approximate surface area is 164 Å². The number of pyridine rings is 1. The Morgan fingerprint density at radius 2 is 1.79 bits per heavy atom. The molecule has 138 valence electrons. The molecule has 0 spiro atoms. The van der Waals surface area contributed by atoms with Gasteiger partial charge in [-0.1, -0.05) is 31.7 Å². The van der Waals surface area contributed by atoms with Gasteiger partial charge in [0.2, 0.25) is 9.84 Å². The van der Waals surface area contributed by atoms with E-state index in [1.165, 1.54) is 0 Å². The van der Waals surface area contributed by atoms with Crippen LogP contribution < -0.4 is 4.90 Å². The first-order valence-electron chi connectivity index (χ1n) is 9.15. The minimum Gasteiger partial charge on any atom is -0.311 e. The number of allylic oxidation sites excluding steroid dienone is 3. The second kappa shape index (κ2) is 5.91. The van der Waals surface area contributed by atoms with Crippen LogP contribution >= 0.6 is 0 Å². The van der Waals surface area contributed by atoms with Gasteiger partial charge in [-0.2, -0.15) is 0 Å². The number of sulfone groups is 1. The molecule has 0 fully saturated rings. The molecule has 0 bridgehead atoms. The molecule has 1 aromatic heterocycles. The van der Waals surface area contributed by atoms with Crippen LogP contribution in [0.2, 0.25) is 0 Å². The lowest BCUT2D eigenvalue weighted by molar-refractivity contribution is 0.594. The summed E-state index contributed by atoms with van der Waals surface area (Å²) in [6.45, 7) is 6.21. The summed E-state index contributed by atoms with van der Waals surface area (Å²) in [5, 5.41) is 0. The second-order valence-corrected chi connectivity index (χ2v) is 8.81. The van der Waals surface area contributed by atoms with E-state index in [1.807, 2.05) is 36.4 Å². The fourth-order valence-corrected chi connectivity index (χ4v) is 5.68. The lowest BCUT2D eigenvalue weighted by Gasteiger charge is -2.38. The van der Waals surface area contributed by atoms with Crippen LogP contribution in [-0.4, -0.2) is 13.4 Å². The van der Waals surface area contributed by atoms with Gasteiger partial charge in [-0.15, -0.1) is 0 Å². The van der Waals surface area contributed by atoms with Crippen LogP contribution in [0.15, 0.2) is 89.1 Å². The molecule has 2 aliphatic rings. The van der Waals surface area contributed by atoms with E-state index in [0.29, 0.717) is 15.5 Å². The molecule has 28 heavy (non-hydrogen) atoms. The smallest absolute Gasteiger partial charge is 0.210 e. The number of anilines is 2. The van der Waals surface area contributed by atoms with E-state index in [-0.39, 0.29) is 0 Å². The Balaban J connectivity index is 1.83. The van der Waals surface area contributed by atoms with Crippen molar-refractivity contribution in [1.82, 2.24) is 4.98 Å². The van der Waals surface area contributed by atoms with Crippen molar-refractivity contribution in [2.45, 2.75) is 23.1 Å². The van der Waals surface area contributed by atoms with Crippen LogP contribution in [-0.2, 0) is 9.84 Å². The molecule has 0 atom stereocenters. The Morgan fingerprint density at radius 1 is 1.00 bits per heavy atom. The van der Waals surface area contributed by atoms with Gasteiger partial charge in [0.1, 0.15) is 0 Å². The second-order valence-electron chi connectivity index (χ2n) is 6.92. The highest BCUT2D eigenvalue weighted by atomic mass is 32.2. The van der Waals surface area contributed by atoms with E-state index >= 15 is 0 Å². The minimum atomic E-state index is -3.64. The summed E-state index contributed by atoms with van der Waals surface area (Å²) in [6.07, 6.45) is 6.24. The molecule has 0 aliphatic carbocycles. The maximum atomic E-state index is 13.5. The quantitative estimate of drug-likeness (QED) is 0.595. The Kier molecular flexibility index (Phi) is 3.58. The molecule has 3 heterocycles. The zero-order valence-corrected chi connectivity index (χ0v) is 16.2. The molecule has 0 radical (unpaired) electrons. The van der Waals surface area contributed by atoms with Crippen LogP contribution in [0.5, 0.6) is 0 Å². The van der Waals surface area contributed by atoms with Crippen molar-refractivity contribution in [2.24, 2.45) is 0 Å². The normalized spacial score (nSPS) is 16.2. The van der Waals surface area contributed by atoms with Crippen molar-refractivity contribution < 1.29 is 8.42 Å². The first-order valence-corrected chi connectivity index (χ1v) is 10.6. The van der Waals surface area contributed by atoms with E-state index in [1.54, 1.807) is 30.6 Å². The van der Waals surface area contributed by atoms with E-state index < -0.39 is 9.84 Å². The zero-order valence-electron chi connectivity index (χ0n) is 15.4. The third-order valence-corrected chi connectivity index (χ3v) is 7.17. The average molecular weight is 386 g/mol. The average Bonchev–Trinajstić information content (AvgIpc) is 2.73. The largest absolute Gasteiger partial charge is 0.311 e. The molecule has 3 aromatic rings. The zero-order chi connectivity index (χ0) is 19.5. The molecule has 0 N–H and O–H groups in total. The lowest BCUT2D eigenvalue weighted by Crippen LogP contribution is -2.28. The van der Waals surface area contributed by atoms with Crippen molar-refractivity contribution in [3.8, 4) is 11.1 Å². The summed E-state index contributed by atoms with van der Waals surface area (Å²) in [4.78, 5) is 6.79. The van der Waals surface area contributed by atoms with E-state index in [9.17, 15) is 8.42 Å². The third-order valence-electron chi connectivity index (χ3n) is 5.35. The van der Waals surface area contributed by atoms with Crippen LogP contribution in [0, 0.1) is 0 Å². The monoisotopic (exact) mass is 386 g/mol. The molecule has 2 aliphatic heterocycles. The minimum absolute atomic E-state index is 0.332. The van der Waals surface area contributed by atoms with Gasteiger partial charge >= 0.3 is 0 Å². The number of hydrogen-bond acceptors (Lipinski definition) is 4. The summed E-state index contributed by atoms with van der Waals surface area (Å²) in [6, 6.07) is 14.8. The number of fused-ring (bicyclic) bond motifs is 2. The van der Waals surface area contributed by atoms with Crippen molar-refractivity contribution >= 4 is 26.8 Å². The molecule has 0 amide bonds. The fraction of sp³-hybridized carbons (Fsp3) is 0.0870. The lowest BCUT2D eigenvalue weighted by atomic mass is 9.96. The topological polar surface area (TPSA) is 50.3 Å². The van der Waals surface area contributed by atoms with Gasteiger partial charge in [-0.25, -0.2) is 8.42 Å². The van der Waals surface area contributed by atoms with Gasteiger partial charge in [0.05, 0.1) is 21.2 Å². The molecule has 0 saturated heterocycles. The predicted octanol–water partition coefficient (Wildman–Crippen LogP) is 5.35. The Morgan fingerprint density at radius 3 is 2.54 bits per heavy atom. The van der Waals surface area contributed by atoms with E-state index in [2.05, 4.69) is 23.4 Å². The fourth-order valence-electron chi connectivity index (χ4n) is 4.01. The number of hydrogen-bond donors (Lipinski definition) is 0. The molecule has 0 saturated carbocycles. The van der Waals surface area contributed by atoms with Crippen molar-refractivity contribution in [1.29, 1.82) is 0 Å². The molecular weight excluding hydrogens is 368 g/mol. The maximum Gasteiger partial charge on any atom is 0.210 e. The van der Waals surface area contributed by atoms with Crippen LogP contribution in [0.3, 0.4) is 0 Å². The van der Waals surface area contributed by atoms with Gasteiger partial charge in [-0.05, 0) is 59.5 Å². The number of benzene rings is 2. The van der Waals surface area contributed by atoms with Crippen molar-refractivity contribution in [2.75, 3.05) is 4.90 Å². The molecule has 5 heteroatoms. The highest BCUT2D eigenvalue weighted by Crippen LogP contribution is 2.52. The first-order chi connectivity index (χ1) is 13.5. The molecule has 4 nitrogen and oxygen atoms in total. The van der Waals surface area contributed by atoms with Crippen LogP contribution in [0.1, 0.15) is 18.9 Å². The van der Waals surface area contributed by atoms with Gasteiger partial charge in [-0.3, -0.25) is 4.98 Å². The van der Waals surface area contributed by atoms with Gasteiger partial charge in [0, 0.05) is 23.7 Å². The number of aromatic nitrogens is 1. The molecular formula is C23H18N2O2S. The van der Waals surface area contributed by atoms with Crippen LogP contribution in [0.25, 0.3) is 16.7 Å². The molecule has 5 rings (SSSR count). The third kappa shape index (κ3) is 2.23. The Hall–Kier alpha value is -3.18. The van der Waals surface area contributed by atoms with Gasteiger partial charge < -0.3 is 4.90 Å². The summed E-state index contributed by atoms with van der Waals surface area (Å²) >= 11 is 0. The SMILES string of the molecule is C=C1C=C(CC)N2c3ccc(-c4ccncc4)cc3S(=O)(=O)c3cccc1c32. The molecule has 2 aromatic carbocycles. The van der Waals surface area contributed by atoms with E-state index in [0.717, 1.165) is 40.1 Å². The van der Waals surface area contributed by atoms with Crippen molar-refractivity contribution in [3.63, 3.8) is 0 Å².